The molecule has 1 N–H and O–H groups in total. The van der Waals surface area contributed by atoms with Crippen molar-refractivity contribution in [2.75, 3.05) is 5.32 Å². The van der Waals surface area contributed by atoms with Gasteiger partial charge in [-0.05, 0) is 62.9 Å². The van der Waals surface area contributed by atoms with Crippen molar-refractivity contribution in [3.8, 4) is 5.75 Å². The predicted octanol–water partition coefficient (Wildman–Crippen LogP) is 5.62. The monoisotopic (exact) mass is 351 g/mol. The summed E-state index contributed by atoms with van der Waals surface area (Å²) in [5.74, 6) is 0.947. The second kappa shape index (κ2) is 7.94. The van der Waals surface area contributed by atoms with E-state index in [9.17, 15) is 4.79 Å². The molecule has 1 aliphatic rings. The summed E-state index contributed by atoms with van der Waals surface area (Å²) < 4.78 is 5.81. The minimum Gasteiger partial charge on any atom is -0.491 e. The van der Waals surface area contributed by atoms with Crippen LogP contribution >= 0.6 is 0 Å². The van der Waals surface area contributed by atoms with Crippen LogP contribution in [-0.4, -0.2) is 12.0 Å². The standard InChI is InChI=1S/C23H29NO2/c1-4-18(3)26-21-12-10-20(11-13-21)24-22(25)23(14-5-6-15-23)19-9-7-8-17(2)16-19/h7-13,16,18H,4-6,14-15H2,1-3H3,(H,24,25). The van der Waals surface area contributed by atoms with Crippen molar-refractivity contribution < 1.29 is 9.53 Å². The van der Waals surface area contributed by atoms with E-state index in [0.29, 0.717) is 0 Å². The smallest absolute Gasteiger partial charge is 0.235 e. The highest BCUT2D eigenvalue weighted by molar-refractivity contribution is 5.99. The molecule has 2 aromatic carbocycles. The molecule has 0 bridgehead atoms. The van der Waals surface area contributed by atoms with Gasteiger partial charge in [0, 0.05) is 5.69 Å². The molecule has 0 saturated heterocycles. The average molecular weight is 351 g/mol. The van der Waals surface area contributed by atoms with Gasteiger partial charge in [-0.1, -0.05) is 49.6 Å². The Morgan fingerprint density at radius 1 is 1.15 bits per heavy atom. The van der Waals surface area contributed by atoms with Gasteiger partial charge in [0.15, 0.2) is 0 Å². The SMILES string of the molecule is CCC(C)Oc1ccc(NC(=O)C2(c3cccc(C)c3)CCCC2)cc1. The predicted molar refractivity (Wildman–Crippen MR) is 107 cm³/mol. The van der Waals surface area contributed by atoms with Crippen molar-refractivity contribution in [2.45, 2.75) is 64.4 Å². The Morgan fingerprint density at radius 3 is 2.46 bits per heavy atom. The number of ether oxygens (including phenoxy) is 1. The highest BCUT2D eigenvalue weighted by atomic mass is 16.5. The van der Waals surface area contributed by atoms with Crippen LogP contribution in [0.1, 0.15) is 57.1 Å². The number of benzene rings is 2. The summed E-state index contributed by atoms with van der Waals surface area (Å²) in [5.41, 5.74) is 2.76. The first kappa shape index (κ1) is 18.5. The molecular formula is C23H29NO2. The third-order valence-corrected chi connectivity index (χ3v) is 5.49. The molecule has 0 radical (unpaired) electrons. The maximum Gasteiger partial charge on any atom is 0.235 e. The summed E-state index contributed by atoms with van der Waals surface area (Å²) in [6.45, 7) is 6.24. The van der Waals surface area contributed by atoms with Gasteiger partial charge in [-0.25, -0.2) is 0 Å². The molecule has 1 fully saturated rings. The molecular weight excluding hydrogens is 322 g/mol. The molecule has 2 aromatic rings. The Hall–Kier alpha value is -2.29. The van der Waals surface area contributed by atoms with Crippen molar-refractivity contribution in [3.63, 3.8) is 0 Å². The van der Waals surface area contributed by atoms with Crippen LogP contribution in [0.3, 0.4) is 0 Å². The summed E-state index contributed by atoms with van der Waals surface area (Å²) in [6, 6.07) is 16.1. The van der Waals surface area contributed by atoms with E-state index in [-0.39, 0.29) is 12.0 Å². The normalized spacial score (nSPS) is 16.9. The molecule has 0 aromatic heterocycles. The van der Waals surface area contributed by atoms with Gasteiger partial charge in [-0.3, -0.25) is 4.79 Å². The second-order valence-corrected chi connectivity index (χ2v) is 7.47. The fraction of sp³-hybridized carbons (Fsp3) is 0.435. The molecule has 3 heteroatoms. The third-order valence-electron chi connectivity index (χ3n) is 5.49. The van der Waals surface area contributed by atoms with Crippen molar-refractivity contribution in [1.82, 2.24) is 0 Å². The molecule has 1 amide bonds. The van der Waals surface area contributed by atoms with Crippen LogP contribution < -0.4 is 10.1 Å². The van der Waals surface area contributed by atoms with E-state index in [2.05, 4.69) is 50.4 Å². The van der Waals surface area contributed by atoms with Crippen LogP contribution in [0.5, 0.6) is 5.75 Å². The van der Waals surface area contributed by atoms with Crippen LogP contribution in [0, 0.1) is 6.92 Å². The molecule has 0 aliphatic heterocycles. The van der Waals surface area contributed by atoms with Crippen LogP contribution in [0.4, 0.5) is 5.69 Å². The van der Waals surface area contributed by atoms with Crippen molar-refractivity contribution in [3.05, 3.63) is 59.7 Å². The lowest BCUT2D eigenvalue weighted by Gasteiger charge is -2.28. The van der Waals surface area contributed by atoms with Crippen LogP contribution in [0.15, 0.2) is 48.5 Å². The number of amides is 1. The largest absolute Gasteiger partial charge is 0.491 e. The maximum absolute atomic E-state index is 13.2. The zero-order chi connectivity index (χ0) is 18.6. The summed E-state index contributed by atoms with van der Waals surface area (Å²) >= 11 is 0. The molecule has 1 atom stereocenters. The number of aryl methyl sites for hydroxylation is 1. The van der Waals surface area contributed by atoms with Gasteiger partial charge in [0.05, 0.1) is 11.5 Å². The lowest BCUT2D eigenvalue weighted by atomic mass is 9.77. The highest BCUT2D eigenvalue weighted by Gasteiger charge is 2.42. The minimum atomic E-state index is -0.405. The minimum absolute atomic E-state index is 0.108. The molecule has 0 heterocycles. The van der Waals surface area contributed by atoms with E-state index in [1.165, 1.54) is 5.56 Å². The lowest BCUT2D eigenvalue weighted by Crippen LogP contribution is -2.38. The zero-order valence-corrected chi connectivity index (χ0v) is 16.0. The van der Waals surface area contributed by atoms with E-state index >= 15 is 0 Å². The third kappa shape index (κ3) is 3.92. The molecule has 0 spiro atoms. The van der Waals surface area contributed by atoms with Crippen LogP contribution in [0.2, 0.25) is 0 Å². The number of carbonyl (C=O) groups excluding carboxylic acids is 1. The first-order valence-electron chi connectivity index (χ1n) is 9.69. The molecule has 1 aliphatic carbocycles. The first-order chi connectivity index (χ1) is 12.5. The lowest BCUT2D eigenvalue weighted by molar-refractivity contribution is -0.121. The number of anilines is 1. The van der Waals surface area contributed by atoms with E-state index in [0.717, 1.165) is 49.1 Å². The summed E-state index contributed by atoms with van der Waals surface area (Å²) in [6.07, 6.45) is 5.19. The summed E-state index contributed by atoms with van der Waals surface area (Å²) in [4.78, 5) is 13.2. The zero-order valence-electron chi connectivity index (χ0n) is 16.0. The summed E-state index contributed by atoms with van der Waals surface area (Å²) in [5, 5.41) is 3.14. The van der Waals surface area contributed by atoms with E-state index in [1.54, 1.807) is 0 Å². The maximum atomic E-state index is 13.2. The van der Waals surface area contributed by atoms with Crippen molar-refractivity contribution in [1.29, 1.82) is 0 Å². The van der Waals surface area contributed by atoms with E-state index in [4.69, 9.17) is 4.74 Å². The van der Waals surface area contributed by atoms with E-state index < -0.39 is 5.41 Å². The van der Waals surface area contributed by atoms with Gasteiger partial charge >= 0.3 is 0 Å². The van der Waals surface area contributed by atoms with Gasteiger partial charge < -0.3 is 10.1 Å². The van der Waals surface area contributed by atoms with Crippen LogP contribution in [-0.2, 0) is 10.2 Å². The van der Waals surface area contributed by atoms with Gasteiger partial charge in [0.2, 0.25) is 5.91 Å². The number of carbonyl (C=O) groups is 1. The van der Waals surface area contributed by atoms with Crippen molar-refractivity contribution >= 4 is 11.6 Å². The summed E-state index contributed by atoms with van der Waals surface area (Å²) in [7, 11) is 0. The molecule has 1 unspecified atom stereocenters. The highest BCUT2D eigenvalue weighted by Crippen LogP contribution is 2.42. The molecule has 26 heavy (non-hydrogen) atoms. The fourth-order valence-electron chi connectivity index (χ4n) is 3.75. The number of hydrogen-bond donors (Lipinski definition) is 1. The fourth-order valence-corrected chi connectivity index (χ4v) is 3.75. The topological polar surface area (TPSA) is 38.3 Å². The van der Waals surface area contributed by atoms with Gasteiger partial charge in [-0.2, -0.15) is 0 Å². The first-order valence-corrected chi connectivity index (χ1v) is 9.69. The number of rotatable bonds is 6. The molecule has 138 valence electrons. The molecule has 3 nitrogen and oxygen atoms in total. The van der Waals surface area contributed by atoms with Gasteiger partial charge in [-0.15, -0.1) is 0 Å². The number of nitrogens with one attached hydrogen (secondary N) is 1. The Morgan fingerprint density at radius 2 is 1.85 bits per heavy atom. The average Bonchev–Trinajstić information content (AvgIpc) is 3.14. The van der Waals surface area contributed by atoms with Crippen molar-refractivity contribution in [2.24, 2.45) is 0 Å². The Labute approximate surface area is 156 Å². The molecule has 1 saturated carbocycles. The Bertz CT molecular complexity index is 745. The second-order valence-electron chi connectivity index (χ2n) is 7.47. The Balaban J connectivity index is 1.77. The van der Waals surface area contributed by atoms with Gasteiger partial charge in [0.25, 0.3) is 0 Å². The van der Waals surface area contributed by atoms with Gasteiger partial charge in [0.1, 0.15) is 5.75 Å². The Kier molecular flexibility index (Phi) is 5.65. The molecule has 3 rings (SSSR count). The van der Waals surface area contributed by atoms with Crippen LogP contribution in [0.25, 0.3) is 0 Å². The quantitative estimate of drug-likeness (QED) is 0.733. The number of hydrogen-bond acceptors (Lipinski definition) is 2. The van der Waals surface area contributed by atoms with E-state index in [1.807, 2.05) is 24.3 Å².